The summed E-state index contributed by atoms with van der Waals surface area (Å²) < 4.78 is 32.5. The number of carbonyl (C=O) groups excluding carboxylic acids is 4. The second-order valence-electron chi connectivity index (χ2n) is 9.29. The molecule has 0 unspecified atom stereocenters. The van der Waals surface area contributed by atoms with Crippen molar-refractivity contribution in [3.63, 3.8) is 0 Å². The van der Waals surface area contributed by atoms with E-state index in [4.69, 9.17) is 40.3 Å². The Balaban J connectivity index is 1.89. The number of para-hydroxylation sites is 1. The van der Waals surface area contributed by atoms with Gasteiger partial charge in [-0.3, -0.25) is 24.6 Å². The molecule has 2 aromatic rings. The van der Waals surface area contributed by atoms with Crippen LogP contribution in [0.25, 0.3) is 11.0 Å². The Kier molecular flexibility index (Phi) is 10.7. The van der Waals surface area contributed by atoms with E-state index in [0.29, 0.717) is 11.1 Å². The molecule has 1 aliphatic rings. The highest BCUT2D eigenvalue weighted by Gasteiger charge is 2.52. The average molecular weight is 606 g/mol. The van der Waals surface area contributed by atoms with Gasteiger partial charge in [0, 0.05) is 33.1 Å². The van der Waals surface area contributed by atoms with Gasteiger partial charge in [-0.05, 0) is 37.7 Å². The molecule has 1 aliphatic heterocycles. The summed E-state index contributed by atoms with van der Waals surface area (Å²) in [7, 11) is 0. The highest BCUT2D eigenvalue weighted by atomic mass is 32.1. The highest BCUT2D eigenvalue weighted by molar-refractivity contribution is 7.80. The van der Waals surface area contributed by atoms with Crippen molar-refractivity contribution in [2.24, 2.45) is 5.10 Å². The molecule has 2 heterocycles. The van der Waals surface area contributed by atoms with E-state index in [1.165, 1.54) is 6.92 Å². The predicted octanol–water partition coefficient (Wildman–Crippen LogP) is 1.37. The van der Waals surface area contributed by atoms with Crippen molar-refractivity contribution < 1.29 is 47.3 Å². The fourth-order valence-corrected chi connectivity index (χ4v) is 4.58. The monoisotopic (exact) mass is 605 g/mol. The maximum Gasteiger partial charge on any atom is 0.345 e. The molecular weight excluding hydrogens is 574 g/mol. The van der Waals surface area contributed by atoms with Crippen molar-refractivity contribution in [1.82, 2.24) is 10.7 Å². The lowest BCUT2D eigenvalue weighted by atomic mass is 9.97. The smallest absolute Gasteiger partial charge is 0.345 e. The molecule has 1 fully saturated rings. The zero-order chi connectivity index (χ0) is 31.1. The van der Waals surface area contributed by atoms with Crippen LogP contribution in [0.5, 0.6) is 0 Å². The largest absolute Gasteiger partial charge is 0.463 e. The Morgan fingerprint density at radius 1 is 0.905 bits per heavy atom. The van der Waals surface area contributed by atoms with Crippen LogP contribution < -0.4 is 16.4 Å². The van der Waals surface area contributed by atoms with Gasteiger partial charge in [-0.1, -0.05) is 18.2 Å². The first kappa shape index (κ1) is 32.1. The number of aryl methyl sites for hydroxylation is 1. The van der Waals surface area contributed by atoms with E-state index in [2.05, 4.69) is 15.8 Å². The standard InChI is InChI=1S/C27H31N3O11S/c1-12-18-9-7-8-10-19(18)41-26(35)21(12)13(2)29-30-27(42)28-25-24(39-17(6)34)23(38-16(5)33)22(37-15(4)32)20(40-25)11-36-14(3)31/h7-10,20,22-25H,11H2,1-6H3,(H2,28,30,42)/b29-13+/t20-,22-,23+,24-,25-/m1/s1. The zero-order valence-corrected chi connectivity index (χ0v) is 24.6. The summed E-state index contributed by atoms with van der Waals surface area (Å²) in [5, 5.41) is 7.56. The van der Waals surface area contributed by atoms with Crippen LogP contribution in [0.3, 0.4) is 0 Å². The zero-order valence-electron chi connectivity index (χ0n) is 23.7. The van der Waals surface area contributed by atoms with Crippen molar-refractivity contribution >= 4 is 57.9 Å². The van der Waals surface area contributed by atoms with E-state index in [0.717, 1.165) is 26.2 Å². The molecule has 42 heavy (non-hydrogen) atoms. The molecule has 1 aromatic carbocycles. The maximum atomic E-state index is 12.7. The topological polar surface area (TPSA) is 181 Å². The predicted molar refractivity (Wildman–Crippen MR) is 150 cm³/mol. The number of carbonyl (C=O) groups is 4. The van der Waals surface area contributed by atoms with E-state index >= 15 is 0 Å². The van der Waals surface area contributed by atoms with E-state index in [1.54, 1.807) is 26.0 Å². The molecule has 15 heteroatoms. The van der Waals surface area contributed by atoms with Crippen LogP contribution >= 0.6 is 12.2 Å². The van der Waals surface area contributed by atoms with Gasteiger partial charge in [-0.2, -0.15) is 5.10 Å². The summed E-state index contributed by atoms with van der Waals surface area (Å²) in [6, 6.07) is 7.07. The number of ether oxygens (including phenoxy) is 5. The minimum Gasteiger partial charge on any atom is -0.463 e. The van der Waals surface area contributed by atoms with Crippen molar-refractivity contribution in [3.05, 3.63) is 45.8 Å². The SMILES string of the molecule is CC(=O)OC[C@H]1O[C@@H](NC(=S)N/N=C(\C)c2c(C)c3ccccc3oc2=O)[C@H](OC(C)=O)[C@@H](OC(C)=O)[C@@H]1OC(C)=O. The van der Waals surface area contributed by atoms with Crippen LogP contribution in [0.15, 0.2) is 38.6 Å². The summed E-state index contributed by atoms with van der Waals surface area (Å²) in [6.07, 6.45) is -6.52. The number of esters is 4. The quantitative estimate of drug-likeness (QED) is 0.110. The van der Waals surface area contributed by atoms with E-state index in [1.807, 2.05) is 12.1 Å². The second kappa shape index (κ2) is 14.0. The van der Waals surface area contributed by atoms with Crippen molar-refractivity contribution in [2.75, 3.05) is 6.61 Å². The molecule has 3 rings (SSSR count). The molecule has 2 N–H and O–H groups in total. The molecule has 0 bridgehead atoms. The van der Waals surface area contributed by atoms with Gasteiger partial charge >= 0.3 is 29.5 Å². The number of hydrogen-bond acceptors (Lipinski definition) is 13. The van der Waals surface area contributed by atoms with Gasteiger partial charge in [-0.15, -0.1) is 0 Å². The lowest BCUT2D eigenvalue weighted by molar-refractivity contribution is -0.254. The minimum atomic E-state index is -1.37. The molecule has 5 atom stereocenters. The summed E-state index contributed by atoms with van der Waals surface area (Å²) >= 11 is 5.35. The number of fused-ring (bicyclic) bond motifs is 1. The van der Waals surface area contributed by atoms with Crippen LogP contribution in [0, 0.1) is 6.92 Å². The molecule has 14 nitrogen and oxygen atoms in total. The third kappa shape index (κ3) is 8.10. The molecule has 0 spiro atoms. The van der Waals surface area contributed by atoms with Gasteiger partial charge in [0.25, 0.3) is 0 Å². The fraction of sp³-hybridized carbons (Fsp3) is 0.444. The lowest BCUT2D eigenvalue weighted by Gasteiger charge is -2.44. The van der Waals surface area contributed by atoms with Gasteiger partial charge in [0.05, 0.1) is 11.3 Å². The molecule has 0 radical (unpaired) electrons. The highest BCUT2D eigenvalue weighted by Crippen LogP contribution is 2.28. The second-order valence-corrected chi connectivity index (χ2v) is 9.70. The molecule has 0 saturated carbocycles. The van der Waals surface area contributed by atoms with Gasteiger partial charge in [0.15, 0.2) is 29.7 Å². The van der Waals surface area contributed by atoms with E-state index in [9.17, 15) is 24.0 Å². The number of nitrogens with zero attached hydrogens (tertiary/aromatic N) is 1. The number of benzene rings is 1. The first-order valence-electron chi connectivity index (χ1n) is 12.7. The van der Waals surface area contributed by atoms with Crippen LogP contribution in [-0.4, -0.2) is 72.0 Å². The Morgan fingerprint density at radius 2 is 1.50 bits per heavy atom. The van der Waals surface area contributed by atoms with Crippen molar-refractivity contribution in [3.8, 4) is 0 Å². The first-order chi connectivity index (χ1) is 19.8. The lowest BCUT2D eigenvalue weighted by Crippen LogP contribution is -2.66. The van der Waals surface area contributed by atoms with Gasteiger partial charge in [0.2, 0.25) is 0 Å². The van der Waals surface area contributed by atoms with Gasteiger partial charge < -0.3 is 33.4 Å². The summed E-state index contributed by atoms with van der Waals surface area (Å²) in [5.41, 5.74) is 3.59. The molecule has 0 aliphatic carbocycles. The average Bonchev–Trinajstić information content (AvgIpc) is 2.89. The third-order valence-electron chi connectivity index (χ3n) is 6.02. The van der Waals surface area contributed by atoms with Gasteiger partial charge in [-0.25, -0.2) is 4.79 Å². The molecule has 0 amide bonds. The summed E-state index contributed by atoms with van der Waals surface area (Å²) in [5.74, 6) is -2.94. The Morgan fingerprint density at radius 3 is 2.12 bits per heavy atom. The Bertz CT molecular complexity index is 1470. The third-order valence-corrected chi connectivity index (χ3v) is 6.23. The molecule has 1 aromatic heterocycles. The van der Waals surface area contributed by atoms with Crippen LogP contribution in [0.2, 0.25) is 0 Å². The van der Waals surface area contributed by atoms with Crippen LogP contribution in [-0.2, 0) is 42.9 Å². The molecule has 1 saturated heterocycles. The van der Waals surface area contributed by atoms with Crippen molar-refractivity contribution in [2.45, 2.75) is 72.2 Å². The number of nitrogens with one attached hydrogen (secondary N) is 2. The first-order valence-corrected chi connectivity index (χ1v) is 13.1. The van der Waals surface area contributed by atoms with E-state index < -0.39 is 66.8 Å². The summed E-state index contributed by atoms with van der Waals surface area (Å²) in [6.45, 7) is 7.47. The Hall–Kier alpha value is -4.37. The molecular formula is C27H31N3O11S. The number of rotatable bonds is 8. The normalized spacial score (nSPS) is 22.0. The number of hydrogen-bond donors (Lipinski definition) is 2. The maximum absolute atomic E-state index is 12.7. The molecule has 226 valence electrons. The Labute approximate surface area is 245 Å². The van der Waals surface area contributed by atoms with Gasteiger partial charge in [0.1, 0.15) is 18.3 Å². The van der Waals surface area contributed by atoms with Crippen LogP contribution in [0.1, 0.15) is 45.7 Å². The van der Waals surface area contributed by atoms with Crippen LogP contribution in [0.4, 0.5) is 0 Å². The minimum absolute atomic E-state index is 0.141. The number of hydrazone groups is 1. The number of thiocarbonyl (C=S) groups is 1. The summed E-state index contributed by atoms with van der Waals surface area (Å²) in [4.78, 5) is 60.0. The van der Waals surface area contributed by atoms with E-state index in [-0.39, 0.29) is 16.4 Å². The van der Waals surface area contributed by atoms with Crippen molar-refractivity contribution in [1.29, 1.82) is 0 Å². The fourth-order valence-electron chi connectivity index (χ4n) is 4.42.